The van der Waals surface area contributed by atoms with Gasteiger partial charge in [0.2, 0.25) is 0 Å². The zero-order chi connectivity index (χ0) is 16.0. The predicted molar refractivity (Wildman–Crippen MR) is 88.6 cm³/mol. The molecule has 1 atom stereocenters. The molecule has 1 unspecified atom stereocenters. The second-order valence-electron chi connectivity index (χ2n) is 6.47. The molecular formula is C16H28N2O2S. The van der Waals surface area contributed by atoms with Crippen molar-refractivity contribution in [1.29, 1.82) is 0 Å². The Labute approximate surface area is 132 Å². The number of thiophene rings is 1. The normalized spacial score (nSPS) is 13.3. The Morgan fingerprint density at radius 2 is 2.14 bits per heavy atom. The Bertz CT molecular complexity index is 424. The number of amides is 2. The van der Waals surface area contributed by atoms with Crippen LogP contribution < -0.4 is 5.32 Å². The van der Waals surface area contributed by atoms with E-state index in [-0.39, 0.29) is 12.1 Å². The molecule has 5 heteroatoms. The zero-order valence-electron chi connectivity index (χ0n) is 13.7. The van der Waals surface area contributed by atoms with Crippen LogP contribution in [-0.2, 0) is 0 Å². The van der Waals surface area contributed by atoms with Crippen LogP contribution in [0.25, 0.3) is 0 Å². The second kappa shape index (κ2) is 7.80. The molecule has 0 fully saturated rings. The molecule has 0 saturated heterocycles. The number of rotatable bonds is 7. The van der Waals surface area contributed by atoms with E-state index in [4.69, 9.17) is 0 Å². The first kappa shape index (κ1) is 18.0. The summed E-state index contributed by atoms with van der Waals surface area (Å²) in [4.78, 5) is 15.3. The van der Waals surface area contributed by atoms with Crippen LogP contribution in [0.4, 0.5) is 4.79 Å². The molecule has 0 aromatic carbocycles. The van der Waals surface area contributed by atoms with Crippen LogP contribution in [0.2, 0.25) is 0 Å². The number of aliphatic hydroxyl groups is 1. The molecule has 1 rings (SSSR count). The van der Waals surface area contributed by atoms with Crippen molar-refractivity contribution in [1.82, 2.24) is 10.2 Å². The highest BCUT2D eigenvalue weighted by Gasteiger charge is 2.24. The Balaban J connectivity index is 2.75. The monoisotopic (exact) mass is 312 g/mol. The third-order valence-corrected chi connectivity index (χ3v) is 4.12. The number of nitrogens with zero attached hydrogens (tertiary/aromatic N) is 1. The fourth-order valence-corrected chi connectivity index (χ4v) is 3.03. The lowest BCUT2D eigenvalue weighted by Crippen LogP contribution is -2.47. The Morgan fingerprint density at radius 1 is 1.48 bits per heavy atom. The Hall–Kier alpha value is -1.07. The van der Waals surface area contributed by atoms with E-state index < -0.39 is 5.60 Å². The summed E-state index contributed by atoms with van der Waals surface area (Å²) in [5, 5.41) is 15.1. The molecule has 0 radical (unpaired) electrons. The summed E-state index contributed by atoms with van der Waals surface area (Å²) in [7, 11) is 0. The predicted octanol–water partition coefficient (Wildman–Crippen LogP) is 3.64. The van der Waals surface area contributed by atoms with E-state index in [9.17, 15) is 9.90 Å². The first-order valence-corrected chi connectivity index (χ1v) is 8.42. The van der Waals surface area contributed by atoms with Gasteiger partial charge in [-0.3, -0.25) is 0 Å². The summed E-state index contributed by atoms with van der Waals surface area (Å²) in [5.41, 5.74) is -0.885. The van der Waals surface area contributed by atoms with Crippen molar-refractivity contribution < 1.29 is 9.90 Å². The summed E-state index contributed by atoms with van der Waals surface area (Å²) >= 11 is 1.66. The SMILES string of the molecule is CCN(CC(C)(C)O)C(=O)NC(CC(C)C)c1cccs1. The third-order valence-electron chi connectivity index (χ3n) is 3.14. The van der Waals surface area contributed by atoms with Crippen molar-refractivity contribution in [2.24, 2.45) is 5.92 Å². The lowest BCUT2D eigenvalue weighted by Gasteiger charge is -2.30. The first-order chi connectivity index (χ1) is 9.73. The van der Waals surface area contributed by atoms with Gasteiger partial charge in [-0.25, -0.2) is 4.79 Å². The maximum atomic E-state index is 12.4. The molecule has 1 heterocycles. The molecule has 0 aliphatic carbocycles. The van der Waals surface area contributed by atoms with Gasteiger partial charge in [0.25, 0.3) is 0 Å². The van der Waals surface area contributed by atoms with Crippen molar-refractivity contribution in [3.63, 3.8) is 0 Å². The summed E-state index contributed by atoms with van der Waals surface area (Å²) < 4.78 is 0. The van der Waals surface area contributed by atoms with E-state index in [1.165, 1.54) is 4.88 Å². The van der Waals surface area contributed by atoms with Gasteiger partial charge < -0.3 is 15.3 Å². The van der Waals surface area contributed by atoms with Gasteiger partial charge in [-0.1, -0.05) is 19.9 Å². The van der Waals surface area contributed by atoms with Crippen LogP contribution in [0.3, 0.4) is 0 Å². The maximum Gasteiger partial charge on any atom is 0.317 e. The van der Waals surface area contributed by atoms with E-state index >= 15 is 0 Å². The van der Waals surface area contributed by atoms with Gasteiger partial charge in [-0.2, -0.15) is 0 Å². The Kier molecular flexibility index (Phi) is 6.68. The van der Waals surface area contributed by atoms with Crippen molar-refractivity contribution in [2.45, 2.75) is 52.7 Å². The van der Waals surface area contributed by atoms with Crippen LogP contribution in [-0.4, -0.2) is 34.7 Å². The highest BCUT2D eigenvalue weighted by Crippen LogP contribution is 2.25. The van der Waals surface area contributed by atoms with E-state index in [0.717, 1.165) is 6.42 Å². The number of carbonyl (C=O) groups excluding carboxylic acids is 1. The Morgan fingerprint density at radius 3 is 2.57 bits per heavy atom. The number of carbonyl (C=O) groups is 1. The number of likely N-dealkylation sites (N-methyl/N-ethyl adjacent to an activating group) is 1. The minimum absolute atomic E-state index is 0.0355. The molecule has 0 aliphatic heterocycles. The van der Waals surface area contributed by atoms with E-state index in [1.54, 1.807) is 30.1 Å². The molecule has 1 aromatic heterocycles. The quantitative estimate of drug-likeness (QED) is 0.807. The fraction of sp³-hybridized carbons (Fsp3) is 0.688. The molecule has 2 N–H and O–H groups in total. The lowest BCUT2D eigenvalue weighted by molar-refractivity contribution is 0.0474. The minimum Gasteiger partial charge on any atom is -0.389 e. The van der Waals surface area contributed by atoms with Crippen LogP contribution in [0, 0.1) is 5.92 Å². The fourth-order valence-electron chi connectivity index (χ4n) is 2.24. The standard InChI is InChI=1S/C16H28N2O2S/c1-6-18(11-16(4,5)20)15(19)17-13(10-12(2)3)14-8-7-9-21-14/h7-9,12-13,20H,6,10-11H2,1-5H3,(H,17,19). The molecule has 120 valence electrons. The summed E-state index contributed by atoms with van der Waals surface area (Å²) in [5.74, 6) is 0.502. The number of nitrogens with one attached hydrogen (secondary N) is 1. The third kappa shape index (κ3) is 6.48. The van der Waals surface area contributed by atoms with Crippen molar-refractivity contribution in [3.05, 3.63) is 22.4 Å². The summed E-state index contributed by atoms with van der Waals surface area (Å²) in [6.07, 6.45) is 0.909. The smallest absolute Gasteiger partial charge is 0.317 e. The maximum absolute atomic E-state index is 12.4. The van der Waals surface area contributed by atoms with Crippen LogP contribution in [0.5, 0.6) is 0 Å². The van der Waals surface area contributed by atoms with Gasteiger partial charge >= 0.3 is 6.03 Å². The van der Waals surface area contributed by atoms with Gasteiger partial charge in [0.15, 0.2) is 0 Å². The molecule has 4 nitrogen and oxygen atoms in total. The number of hydrogen-bond acceptors (Lipinski definition) is 3. The molecule has 0 spiro atoms. The molecule has 0 bridgehead atoms. The van der Waals surface area contributed by atoms with Crippen LogP contribution >= 0.6 is 11.3 Å². The largest absolute Gasteiger partial charge is 0.389 e. The van der Waals surface area contributed by atoms with Crippen LogP contribution in [0.15, 0.2) is 17.5 Å². The van der Waals surface area contributed by atoms with E-state index in [1.807, 2.05) is 18.4 Å². The molecule has 21 heavy (non-hydrogen) atoms. The minimum atomic E-state index is -0.885. The average Bonchev–Trinajstić information content (AvgIpc) is 2.87. The second-order valence-corrected chi connectivity index (χ2v) is 7.45. The number of hydrogen-bond donors (Lipinski definition) is 2. The average molecular weight is 312 g/mol. The van der Waals surface area contributed by atoms with E-state index in [0.29, 0.717) is 19.0 Å². The van der Waals surface area contributed by atoms with Crippen molar-refractivity contribution >= 4 is 17.4 Å². The molecule has 1 aromatic rings. The molecule has 0 aliphatic rings. The summed E-state index contributed by atoms with van der Waals surface area (Å²) in [6, 6.07) is 3.99. The van der Waals surface area contributed by atoms with Gasteiger partial charge in [0.1, 0.15) is 0 Å². The molecule has 0 saturated carbocycles. The van der Waals surface area contributed by atoms with Gasteiger partial charge in [0, 0.05) is 11.4 Å². The van der Waals surface area contributed by atoms with Crippen molar-refractivity contribution in [3.8, 4) is 0 Å². The molecule has 2 amide bonds. The number of urea groups is 1. The van der Waals surface area contributed by atoms with Gasteiger partial charge in [-0.05, 0) is 44.6 Å². The first-order valence-electron chi connectivity index (χ1n) is 7.54. The van der Waals surface area contributed by atoms with Gasteiger partial charge in [-0.15, -0.1) is 11.3 Å². The van der Waals surface area contributed by atoms with Crippen molar-refractivity contribution in [2.75, 3.05) is 13.1 Å². The van der Waals surface area contributed by atoms with Gasteiger partial charge in [0.05, 0.1) is 18.2 Å². The summed E-state index contributed by atoms with van der Waals surface area (Å²) in [6.45, 7) is 10.6. The van der Waals surface area contributed by atoms with Crippen LogP contribution in [0.1, 0.15) is 52.0 Å². The topological polar surface area (TPSA) is 52.6 Å². The molecular weight excluding hydrogens is 284 g/mol. The highest BCUT2D eigenvalue weighted by atomic mass is 32.1. The zero-order valence-corrected chi connectivity index (χ0v) is 14.5. The lowest BCUT2D eigenvalue weighted by atomic mass is 10.0. The van der Waals surface area contributed by atoms with E-state index in [2.05, 4.69) is 25.2 Å². The highest BCUT2D eigenvalue weighted by molar-refractivity contribution is 7.10.